The number of benzene rings is 2. The van der Waals surface area contributed by atoms with Gasteiger partial charge in [-0.1, -0.05) is 11.6 Å². The van der Waals surface area contributed by atoms with Gasteiger partial charge in [-0.05, 0) is 42.5 Å². The third-order valence-electron chi connectivity index (χ3n) is 4.40. The fourth-order valence-electron chi connectivity index (χ4n) is 3.12. The molecule has 0 bridgehead atoms. The second kappa shape index (κ2) is 6.46. The normalized spacial score (nSPS) is 17.1. The number of aryl methyl sites for hydroxylation is 1. The second-order valence-corrected chi connectivity index (χ2v) is 6.72. The van der Waals surface area contributed by atoms with Gasteiger partial charge in [0, 0.05) is 36.3 Å². The molecular formula is C19H16ClN3O3. The Balaban J connectivity index is 1.47. The van der Waals surface area contributed by atoms with Crippen molar-refractivity contribution in [2.45, 2.75) is 13.3 Å². The summed E-state index contributed by atoms with van der Waals surface area (Å²) in [6.07, 6.45) is 0.180. The predicted octanol–water partition coefficient (Wildman–Crippen LogP) is 3.78. The van der Waals surface area contributed by atoms with Crippen LogP contribution in [-0.2, 0) is 9.59 Å². The molecule has 0 radical (unpaired) electrons. The molecule has 2 amide bonds. The van der Waals surface area contributed by atoms with Gasteiger partial charge in [0.1, 0.15) is 5.52 Å². The molecule has 3 aromatic rings. The van der Waals surface area contributed by atoms with E-state index >= 15 is 0 Å². The number of rotatable bonds is 3. The fraction of sp³-hybridized carbons (Fsp3) is 0.211. The molecule has 0 spiro atoms. The van der Waals surface area contributed by atoms with Gasteiger partial charge < -0.3 is 14.6 Å². The number of halogens is 1. The summed E-state index contributed by atoms with van der Waals surface area (Å²) in [5.74, 6) is -0.0965. The van der Waals surface area contributed by atoms with Crippen LogP contribution in [-0.4, -0.2) is 23.3 Å². The minimum atomic E-state index is -0.409. The highest BCUT2D eigenvalue weighted by atomic mass is 35.5. The summed E-state index contributed by atoms with van der Waals surface area (Å²) in [5, 5.41) is 3.47. The van der Waals surface area contributed by atoms with Gasteiger partial charge in [-0.25, -0.2) is 4.98 Å². The number of nitrogens with zero attached hydrogens (tertiary/aromatic N) is 2. The van der Waals surface area contributed by atoms with Gasteiger partial charge in [0.15, 0.2) is 11.5 Å². The quantitative estimate of drug-likeness (QED) is 0.762. The average Bonchev–Trinajstić information content (AvgIpc) is 3.17. The van der Waals surface area contributed by atoms with Crippen molar-refractivity contribution in [3.63, 3.8) is 0 Å². The first-order valence-electron chi connectivity index (χ1n) is 8.23. The Morgan fingerprint density at radius 3 is 2.81 bits per heavy atom. The van der Waals surface area contributed by atoms with E-state index in [0.29, 0.717) is 34.2 Å². The summed E-state index contributed by atoms with van der Waals surface area (Å²) in [5.41, 5.74) is 2.73. The third-order valence-corrected chi connectivity index (χ3v) is 4.65. The Labute approximate surface area is 154 Å². The van der Waals surface area contributed by atoms with E-state index in [1.54, 1.807) is 54.3 Å². The van der Waals surface area contributed by atoms with Crippen molar-refractivity contribution in [3.05, 3.63) is 53.4 Å². The molecule has 1 fully saturated rings. The first-order valence-corrected chi connectivity index (χ1v) is 8.61. The van der Waals surface area contributed by atoms with Crippen LogP contribution in [0.2, 0.25) is 5.02 Å². The van der Waals surface area contributed by atoms with Crippen LogP contribution in [0.15, 0.2) is 46.9 Å². The van der Waals surface area contributed by atoms with Crippen LogP contribution >= 0.6 is 11.6 Å². The Bertz CT molecular complexity index is 997. The molecular weight excluding hydrogens is 354 g/mol. The molecule has 1 unspecified atom stereocenters. The zero-order valence-electron chi connectivity index (χ0n) is 14.0. The highest BCUT2D eigenvalue weighted by molar-refractivity contribution is 6.30. The number of anilines is 2. The van der Waals surface area contributed by atoms with Crippen LogP contribution in [0.1, 0.15) is 12.3 Å². The third kappa shape index (κ3) is 3.15. The van der Waals surface area contributed by atoms with Crippen LogP contribution in [0, 0.1) is 12.8 Å². The lowest BCUT2D eigenvalue weighted by molar-refractivity contribution is -0.122. The van der Waals surface area contributed by atoms with Crippen LogP contribution in [0.5, 0.6) is 0 Å². The van der Waals surface area contributed by atoms with E-state index in [1.165, 1.54) is 0 Å². The molecule has 1 N–H and O–H groups in total. The lowest BCUT2D eigenvalue weighted by atomic mass is 10.1. The van der Waals surface area contributed by atoms with E-state index in [0.717, 1.165) is 5.69 Å². The average molecular weight is 370 g/mol. The van der Waals surface area contributed by atoms with E-state index in [9.17, 15) is 9.59 Å². The zero-order chi connectivity index (χ0) is 18.3. The molecule has 132 valence electrons. The van der Waals surface area contributed by atoms with Crippen LogP contribution in [0.25, 0.3) is 11.1 Å². The van der Waals surface area contributed by atoms with Crippen molar-refractivity contribution in [3.8, 4) is 0 Å². The summed E-state index contributed by atoms with van der Waals surface area (Å²) in [7, 11) is 0. The molecule has 6 nitrogen and oxygen atoms in total. The highest BCUT2D eigenvalue weighted by Gasteiger charge is 2.35. The SMILES string of the molecule is Cc1nc2cc(NC(=O)C3CC(=O)N(c4ccc(Cl)cc4)C3)ccc2o1. The minimum Gasteiger partial charge on any atom is -0.441 e. The van der Waals surface area contributed by atoms with Crippen molar-refractivity contribution in [1.82, 2.24) is 4.98 Å². The number of oxazole rings is 1. The van der Waals surface area contributed by atoms with Crippen molar-refractivity contribution in [2.24, 2.45) is 5.92 Å². The molecule has 1 aliphatic rings. The number of hydrogen-bond acceptors (Lipinski definition) is 4. The number of hydrogen-bond donors (Lipinski definition) is 1. The number of carbonyl (C=O) groups is 2. The Morgan fingerprint density at radius 1 is 1.27 bits per heavy atom. The van der Waals surface area contributed by atoms with Gasteiger partial charge in [0.2, 0.25) is 11.8 Å². The predicted molar refractivity (Wildman–Crippen MR) is 99.3 cm³/mol. The standard InChI is InChI=1S/C19H16ClN3O3/c1-11-21-16-9-14(4-7-17(16)26-11)22-19(25)12-8-18(24)23(10-12)15-5-2-13(20)3-6-15/h2-7,9,12H,8,10H2,1H3,(H,22,25). The summed E-state index contributed by atoms with van der Waals surface area (Å²) in [6.45, 7) is 2.12. The molecule has 2 heterocycles. The van der Waals surface area contributed by atoms with Crippen LogP contribution in [0.3, 0.4) is 0 Å². The molecule has 1 saturated heterocycles. The highest BCUT2D eigenvalue weighted by Crippen LogP contribution is 2.27. The molecule has 1 atom stereocenters. The Hall–Kier alpha value is -2.86. The van der Waals surface area contributed by atoms with E-state index in [4.69, 9.17) is 16.0 Å². The molecule has 1 aromatic heterocycles. The fourth-order valence-corrected chi connectivity index (χ4v) is 3.24. The van der Waals surface area contributed by atoms with E-state index in [1.807, 2.05) is 0 Å². The Morgan fingerprint density at radius 2 is 2.04 bits per heavy atom. The van der Waals surface area contributed by atoms with E-state index in [2.05, 4.69) is 10.3 Å². The van der Waals surface area contributed by atoms with Gasteiger partial charge in [0.25, 0.3) is 0 Å². The van der Waals surface area contributed by atoms with Crippen LogP contribution < -0.4 is 10.2 Å². The first-order chi connectivity index (χ1) is 12.5. The number of fused-ring (bicyclic) bond motifs is 1. The van der Waals surface area contributed by atoms with Gasteiger partial charge in [0.05, 0.1) is 5.92 Å². The molecule has 0 aliphatic carbocycles. The topological polar surface area (TPSA) is 75.4 Å². The number of amides is 2. The number of carbonyl (C=O) groups excluding carboxylic acids is 2. The van der Waals surface area contributed by atoms with Gasteiger partial charge in [-0.2, -0.15) is 0 Å². The molecule has 1 aliphatic heterocycles. The van der Waals surface area contributed by atoms with Gasteiger partial charge >= 0.3 is 0 Å². The van der Waals surface area contributed by atoms with Gasteiger partial charge in [-0.3, -0.25) is 9.59 Å². The maximum absolute atomic E-state index is 12.6. The Kier molecular flexibility index (Phi) is 4.12. The lowest BCUT2D eigenvalue weighted by Gasteiger charge is -2.16. The smallest absolute Gasteiger partial charge is 0.229 e. The van der Waals surface area contributed by atoms with Crippen LogP contribution in [0.4, 0.5) is 11.4 Å². The zero-order valence-corrected chi connectivity index (χ0v) is 14.8. The lowest BCUT2D eigenvalue weighted by Crippen LogP contribution is -2.28. The number of nitrogens with one attached hydrogen (secondary N) is 1. The van der Waals surface area contributed by atoms with Crippen molar-refractivity contribution < 1.29 is 14.0 Å². The molecule has 2 aromatic carbocycles. The number of aromatic nitrogens is 1. The summed E-state index contributed by atoms with van der Waals surface area (Å²) < 4.78 is 5.43. The van der Waals surface area contributed by atoms with Gasteiger partial charge in [-0.15, -0.1) is 0 Å². The van der Waals surface area contributed by atoms with E-state index < -0.39 is 5.92 Å². The molecule has 7 heteroatoms. The first kappa shape index (κ1) is 16.6. The maximum atomic E-state index is 12.6. The largest absolute Gasteiger partial charge is 0.441 e. The summed E-state index contributed by atoms with van der Waals surface area (Å²) in [4.78, 5) is 30.7. The minimum absolute atomic E-state index is 0.0740. The summed E-state index contributed by atoms with van der Waals surface area (Å²) in [6, 6.07) is 12.3. The molecule has 26 heavy (non-hydrogen) atoms. The second-order valence-electron chi connectivity index (χ2n) is 6.29. The van der Waals surface area contributed by atoms with E-state index in [-0.39, 0.29) is 18.2 Å². The monoisotopic (exact) mass is 369 g/mol. The van der Waals surface area contributed by atoms with Crippen molar-refractivity contribution in [2.75, 3.05) is 16.8 Å². The van der Waals surface area contributed by atoms with Crippen molar-refractivity contribution >= 4 is 45.9 Å². The maximum Gasteiger partial charge on any atom is 0.229 e. The molecule has 0 saturated carbocycles. The molecule has 4 rings (SSSR count). The van der Waals surface area contributed by atoms with Crippen molar-refractivity contribution in [1.29, 1.82) is 0 Å². The summed E-state index contributed by atoms with van der Waals surface area (Å²) >= 11 is 5.89.